The first-order valence-corrected chi connectivity index (χ1v) is 11.4. The maximum Gasteiger partial charge on any atom is 0.262 e. The Morgan fingerprint density at radius 2 is 1.61 bits per heavy atom. The Balaban J connectivity index is 1.61. The van der Waals surface area contributed by atoms with Crippen LogP contribution >= 0.6 is 11.6 Å². The minimum absolute atomic E-state index is 0.0968. The zero-order valence-corrected chi connectivity index (χ0v) is 19.0. The molecule has 162 valence electrons. The lowest BCUT2D eigenvalue weighted by atomic mass is 10.1. The summed E-state index contributed by atoms with van der Waals surface area (Å²) < 4.78 is 33.4. The molecule has 0 radical (unpaired) electrons. The maximum atomic E-state index is 12.7. The molecular weight excluding hydrogens is 436 g/mol. The van der Waals surface area contributed by atoms with Gasteiger partial charge in [-0.2, -0.15) is 0 Å². The van der Waals surface area contributed by atoms with Crippen LogP contribution in [0, 0.1) is 20.8 Å². The first-order chi connectivity index (χ1) is 14.6. The van der Waals surface area contributed by atoms with Crippen LogP contribution in [0.3, 0.4) is 0 Å². The molecule has 6 nitrogen and oxygen atoms in total. The molecule has 0 fully saturated rings. The average molecular weight is 459 g/mol. The van der Waals surface area contributed by atoms with E-state index in [1.54, 1.807) is 18.2 Å². The van der Waals surface area contributed by atoms with Gasteiger partial charge in [0.05, 0.1) is 10.6 Å². The zero-order chi connectivity index (χ0) is 22.6. The van der Waals surface area contributed by atoms with Crippen LogP contribution < -0.4 is 14.8 Å². The van der Waals surface area contributed by atoms with Crippen LogP contribution in [0.25, 0.3) is 0 Å². The summed E-state index contributed by atoms with van der Waals surface area (Å²) >= 11 is 6.05. The van der Waals surface area contributed by atoms with Gasteiger partial charge in [0.1, 0.15) is 5.75 Å². The number of carbonyl (C=O) groups excluding carboxylic acids is 1. The molecule has 0 heterocycles. The predicted octanol–water partition coefficient (Wildman–Crippen LogP) is 5.08. The number of rotatable bonds is 7. The number of nitrogens with one attached hydrogen (secondary N) is 2. The van der Waals surface area contributed by atoms with Crippen LogP contribution in [0.4, 0.5) is 11.4 Å². The number of sulfonamides is 1. The number of hydrogen-bond acceptors (Lipinski definition) is 4. The van der Waals surface area contributed by atoms with Gasteiger partial charge in [-0.05, 0) is 79.9 Å². The molecule has 2 N–H and O–H groups in total. The molecule has 0 saturated carbocycles. The van der Waals surface area contributed by atoms with Crippen molar-refractivity contribution < 1.29 is 17.9 Å². The molecule has 0 unspecified atom stereocenters. The highest BCUT2D eigenvalue weighted by atomic mass is 35.5. The lowest BCUT2D eigenvalue weighted by molar-refractivity contribution is -0.118. The molecule has 31 heavy (non-hydrogen) atoms. The molecule has 0 spiro atoms. The van der Waals surface area contributed by atoms with Gasteiger partial charge >= 0.3 is 0 Å². The summed E-state index contributed by atoms with van der Waals surface area (Å²) in [6.45, 7) is 5.38. The Hall–Kier alpha value is -3.03. The number of amides is 1. The van der Waals surface area contributed by atoms with Crippen molar-refractivity contribution in [2.75, 3.05) is 16.6 Å². The summed E-state index contributed by atoms with van der Waals surface area (Å²) in [7, 11) is -3.75. The van der Waals surface area contributed by atoms with Crippen molar-refractivity contribution in [3.8, 4) is 5.75 Å². The van der Waals surface area contributed by atoms with Gasteiger partial charge in [0.2, 0.25) is 0 Å². The molecule has 0 aliphatic carbocycles. The van der Waals surface area contributed by atoms with Crippen LogP contribution in [0.15, 0.2) is 65.6 Å². The standard InChI is InChI=1S/C23H23ClN2O4S/c1-15-4-5-17(3)22(12-15)26-31(28,29)20-10-8-19(9-11-20)30-14-23(27)25-18-7-6-16(2)21(24)13-18/h4-13,26H,14H2,1-3H3,(H,25,27). The number of ether oxygens (including phenoxy) is 1. The van der Waals surface area contributed by atoms with Gasteiger partial charge in [-0.15, -0.1) is 0 Å². The minimum atomic E-state index is -3.75. The van der Waals surface area contributed by atoms with E-state index >= 15 is 0 Å². The van der Waals surface area contributed by atoms with Crippen molar-refractivity contribution in [1.82, 2.24) is 0 Å². The Morgan fingerprint density at radius 1 is 0.935 bits per heavy atom. The number of anilines is 2. The fourth-order valence-corrected chi connectivity index (χ4v) is 4.08. The first-order valence-electron chi connectivity index (χ1n) is 9.53. The quantitative estimate of drug-likeness (QED) is 0.516. The molecule has 0 bridgehead atoms. The van der Waals surface area contributed by atoms with E-state index in [1.807, 2.05) is 39.0 Å². The second kappa shape index (κ2) is 9.41. The predicted molar refractivity (Wildman–Crippen MR) is 123 cm³/mol. The Kier molecular flexibility index (Phi) is 6.87. The molecule has 3 rings (SSSR count). The third kappa shape index (κ3) is 5.99. The summed E-state index contributed by atoms with van der Waals surface area (Å²) in [5.41, 5.74) is 3.81. The summed E-state index contributed by atoms with van der Waals surface area (Å²) in [6.07, 6.45) is 0. The number of benzene rings is 3. The van der Waals surface area contributed by atoms with E-state index in [0.29, 0.717) is 22.1 Å². The Morgan fingerprint density at radius 3 is 2.29 bits per heavy atom. The molecule has 0 atom stereocenters. The fraction of sp³-hybridized carbons (Fsp3) is 0.174. The van der Waals surface area contributed by atoms with E-state index in [-0.39, 0.29) is 17.4 Å². The van der Waals surface area contributed by atoms with Crippen molar-refractivity contribution in [2.24, 2.45) is 0 Å². The number of hydrogen-bond donors (Lipinski definition) is 2. The molecular formula is C23H23ClN2O4S. The highest BCUT2D eigenvalue weighted by Gasteiger charge is 2.16. The van der Waals surface area contributed by atoms with Gasteiger partial charge in [0.25, 0.3) is 15.9 Å². The maximum absolute atomic E-state index is 12.7. The first kappa shape index (κ1) is 22.7. The number of carbonyl (C=O) groups is 1. The van der Waals surface area contributed by atoms with Crippen molar-refractivity contribution in [1.29, 1.82) is 0 Å². The molecule has 3 aromatic carbocycles. The van der Waals surface area contributed by atoms with Gasteiger partial charge in [-0.3, -0.25) is 9.52 Å². The molecule has 0 aromatic heterocycles. The monoisotopic (exact) mass is 458 g/mol. The summed E-state index contributed by atoms with van der Waals surface area (Å²) in [5, 5.41) is 3.26. The fourth-order valence-electron chi connectivity index (χ4n) is 2.78. The van der Waals surface area contributed by atoms with Crippen LogP contribution in [-0.4, -0.2) is 20.9 Å². The highest BCUT2D eigenvalue weighted by molar-refractivity contribution is 7.92. The van der Waals surface area contributed by atoms with Crippen LogP contribution in [0.1, 0.15) is 16.7 Å². The van der Waals surface area contributed by atoms with Crippen molar-refractivity contribution in [2.45, 2.75) is 25.7 Å². The topological polar surface area (TPSA) is 84.5 Å². The van der Waals surface area contributed by atoms with E-state index in [9.17, 15) is 13.2 Å². The van der Waals surface area contributed by atoms with E-state index in [2.05, 4.69) is 10.0 Å². The average Bonchev–Trinajstić information content (AvgIpc) is 2.72. The van der Waals surface area contributed by atoms with Gasteiger partial charge in [0.15, 0.2) is 6.61 Å². The van der Waals surface area contributed by atoms with E-state index in [0.717, 1.165) is 16.7 Å². The van der Waals surface area contributed by atoms with E-state index in [1.165, 1.54) is 24.3 Å². The lowest BCUT2D eigenvalue weighted by Gasteiger charge is -2.12. The SMILES string of the molecule is Cc1ccc(C)c(NS(=O)(=O)c2ccc(OCC(=O)Nc3ccc(C)c(Cl)c3)cc2)c1. The lowest BCUT2D eigenvalue weighted by Crippen LogP contribution is -2.20. The second-order valence-electron chi connectivity index (χ2n) is 7.20. The third-order valence-electron chi connectivity index (χ3n) is 4.60. The largest absolute Gasteiger partial charge is 0.484 e. The van der Waals surface area contributed by atoms with Crippen molar-refractivity contribution >= 4 is 38.9 Å². The summed E-state index contributed by atoms with van der Waals surface area (Å²) in [4.78, 5) is 12.2. The Bertz CT molecular complexity index is 1210. The third-order valence-corrected chi connectivity index (χ3v) is 6.39. The summed E-state index contributed by atoms with van der Waals surface area (Å²) in [5.74, 6) is 0.0241. The van der Waals surface area contributed by atoms with Gasteiger partial charge in [-0.25, -0.2) is 8.42 Å². The van der Waals surface area contributed by atoms with Crippen molar-refractivity contribution in [3.63, 3.8) is 0 Å². The Labute approximate surface area is 187 Å². The highest BCUT2D eigenvalue weighted by Crippen LogP contribution is 2.23. The molecule has 1 amide bonds. The van der Waals surface area contributed by atoms with Crippen LogP contribution in [-0.2, 0) is 14.8 Å². The second-order valence-corrected chi connectivity index (χ2v) is 9.29. The van der Waals surface area contributed by atoms with Gasteiger partial charge < -0.3 is 10.1 Å². The molecule has 0 saturated heterocycles. The smallest absolute Gasteiger partial charge is 0.262 e. The molecule has 3 aromatic rings. The van der Waals surface area contributed by atoms with Crippen LogP contribution in [0.2, 0.25) is 5.02 Å². The normalized spacial score (nSPS) is 11.1. The van der Waals surface area contributed by atoms with Crippen molar-refractivity contribution in [3.05, 3.63) is 82.4 Å². The van der Waals surface area contributed by atoms with E-state index in [4.69, 9.17) is 16.3 Å². The van der Waals surface area contributed by atoms with Gasteiger partial charge in [-0.1, -0.05) is 29.8 Å². The van der Waals surface area contributed by atoms with Crippen LogP contribution in [0.5, 0.6) is 5.75 Å². The summed E-state index contributed by atoms with van der Waals surface area (Å²) in [6, 6.07) is 16.7. The zero-order valence-electron chi connectivity index (χ0n) is 17.4. The molecule has 0 aliphatic rings. The van der Waals surface area contributed by atoms with Gasteiger partial charge in [0, 0.05) is 10.7 Å². The molecule has 8 heteroatoms. The number of halogens is 1. The molecule has 0 aliphatic heterocycles. The minimum Gasteiger partial charge on any atom is -0.484 e. The van der Waals surface area contributed by atoms with E-state index < -0.39 is 10.0 Å². The number of aryl methyl sites for hydroxylation is 3.